The van der Waals surface area contributed by atoms with Gasteiger partial charge in [-0.3, -0.25) is 0 Å². The topological polar surface area (TPSA) is 72.2 Å². The molecule has 0 saturated carbocycles. The molecule has 0 aliphatic rings. The highest BCUT2D eigenvalue weighted by atomic mass is 19.1. The molecule has 1 aromatic heterocycles. The highest BCUT2D eigenvalue weighted by Crippen LogP contribution is 2.27. The lowest BCUT2D eigenvalue weighted by atomic mass is 10.1. The number of hydrogen-bond donors (Lipinski definition) is 1. The highest BCUT2D eigenvalue weighted by Gasteiger charge is 2.23. The molecular weight excluding hydrogens is 259 g/mol. The zero-order valence-corrected chi connectivity index (χ0v) is 11.0. The minimum atomic E-state index is -0.617. The molecule has 2 rings (SSSR count). The van der Waals surface area contributed by atoms with Gasteiger partial charge < -0.3 is 14.9 Å². The monoisotopic (exact) mass is 274 g/mol. The van der Waals surface area contributed by atoms with E-state index in [-0.39, 0.29) is 11.6 Å². The Morgan fingerprint density at radius 2 is 2.25 bits per heavy atom. The first-order chi connectivity index (χ1) is 9.65. The Hall–Kier alpha value is -2.32. The highest BCUT2D eigenvalue weighted by molar-refractivity contribution is 5.36. The Morgan fingerprint density at radius 3 is 2.80 bits per heavy atom. The molecule has 1 aromatic carbocycles. The molecule has 0 aliphatic heterocycles. The Bertz CT molecular complexity index is 605. The number of halogens is 1. The molecule has 5 heteroatoms. The lowest BCUT2D eigenvalue weighted by Gasteiger charge is -2.22. The molecular formula is C15H15FN2O2. The Labute approximate surface area is 116 Å². The van der Waals surface area contributed by atoms with Crippen molar-refractivity contribution in [2.45, 2.75) is 25.5 Å². The van der Waals surface area contributed by atoms with E-state index in [0.29, 0.717) is 17.9 Å². The van der Waals surface area contributed by atoms with Crippen molar-refractivity contribution in [3.63, 3.8) is 0 Å². The van der Waals surface area contributed by atoms with Crippen LogP contribution in [-0.4, -0.2) is 6.04 Å². The van der Waals surface area contributed by atoms with Crippen LogP contribution in [0.1, 0.15) is 30.8 Å². The van der Waals surface area contributed by atoms with Gasteiger partial charge in [-0.25, -0.2) is 4.39 Å². The molecule has 2 unspecified atom stereocenters. The predicted octanol–water partition coefficient (Wildman–Crippen LogP) is 3.15. The van der Waals surface area contributed by atoms with Gasteiger partial charge in [-0.15, -0.1) is 0 Å². The normalized spacial score (nSPS) is 13.5. The summed E-state index contributed by atoms with van der Waals surface area (Å²) in [6, 6.07) is 9.09. The lowest BCUT2D eigenvalue weighted by Crippen LogP contribution is -2.31. The van der Waals surface area contributed by atoms with Crippen molar-refractivity contribution < 1.29 is 13.5 Å². The van der Waals surface area contributed by atoms with E-state index in [1.54, 1.807) is 24.3 Å². The number of furan rings is 1. The molecule has 1 heterocycles. The van der Waals surface area contributed by atoms with Gasteiger partial charge in [0.1, 0.15) is 23.4 Å². The van der Waals surface area contributed by atoms with Gasteiger partial charge in [0.25, 0.3) is 0 Å². The van der Waals surface area contributed by atoms with E-state index < -0.39 is 11.9 Å². The Kier molecular flexibility index (Phi) is 4.38. The minimum absolute atomic E-state index is 0.0216. The van der Waals surface area contributed by atoms with Gasteiger partial charge in [0.15, 0.2) is 6.10 Å². The van der Waals surface area contributed by atoms with Gasteiger partial charge in [-0.05, 0) is 30.7 Å². The standard InChI is InChI=1S/C15H15FN2O2/c1-2-13(18)15(14-4-3-7-19-14)20-11-6-5-10(9-17)12(16)8-11/h3-8,13,15H,2,18H2,1H3. The molecule has 0 saturated heterocycles. The SMILES string of the molecule is CCC(N)C(Oc1ccc(C#N)c(F)c1)c1ccco1. The fourth-order valence-corrected chi connectivity index (χ4v) is 1.83. The third kappa shape index (κ3) is 2.98. The number of nitriles is 1. The molecule has 104 valence electrons. The van der Waals surface area contributed by atoms with E-state index in [1.165, 1.54) is 18.4 Å². The summed E-state index contributed by atoms with van der Waals surface area (Å²) in [7, 11) is 0. The molecule has 2 N–H and O–H groups in total. The number of benzene rings is 1. The van der Waals surface area contributed by atoms with Crippen molar-refractivity contribution in [1.82, 2.24) is 0 Å². The molecule has 0 amide bonds. The summed E-state index contributed by atoms with van der Waals surface area (Å²) in [6.45, 7) is 1.93. The van der Waals surface area contributed by atoms with Crippen LogP contribution in [0.25, 0.3) is 0 Å². The van der Waals surface area contributed by atoms with Gasteiger partial charge in [0, 0.05) is 12.1 Å². The third-order valence-electron chi connectivity index (χ3n) is 3.01. The molecule has 0 bridgehead atoms. The summed E-state index contributed by atoms with van der Waals surface area (Å²) < 4.78 is 24.6. The van der Waals surface area contributed by atoms with Crippen LogP contribution in [0.15, 0.2) is 41.0 Å². The zero-order chi connectivity index (χ0) is 14.5. The van der Waals surface area contributed by atoms with E-state index in [9.17, 15) is 4.39 Å². The van der Waals surface area contributed by atoms with Crippen molar-refractivity contribution in [1.29, 1.82) is 5.26 Å². The van der Waals surface area contributed by atoms with E-state index in [0.717, 1.165) is 0 Å². The number of nitrogens with zero attached hydrogens (tertiary/aromatic N) is 1. The smallest absolute Gasteiger partial charge is 0.171 e. The first-order valence-corrected chi connectivity index (χ1v) is 6.31. The van der Waals surface area contributed by atoms with Gasteiger partial charge >= 0.3 is 0 Å². The molecule has 2 aromatic rings. The van der Waals surface area contributed by atoms with Crippen LogP contribution in [-0.2, 0) is 0 Å². The zero-order valence-electron chi connectivity index (χ0n) is 11.0. The van der Waals surface area contributed by atoms with Crippen molar-refractivity contribution in [2.75, 3.05) is 0 Å². The van der Waals surface area contributed by atoms with Crippen molar-refractivity contribution in [3.8, 4) is 11.8 Å². The first-order valence-electron chi connectivity index (χ1n) is 6.31. The second-order valence-electron chi connectivity index (χ2n) is 4.38. The molecule has 0 spiro atoms. The van der Waals surface area contributed by atoms with E-state index in [4.69, 9.17) is 20.1 Å². The second-order valence-corrected chi connectivity index (χ2v) is 4.38. The summed E-state index contributed by atoms with van der Waals surface area (Å²) in [6.07, 6.45) is 1.72. The second kappa shape index (κ2) is 6.22. The van der Waals surface area contributed by atoms with Gasteiger partial charge in [-0.2, -0.15) is 5.26 Å². The maximum Gasteiger partial charge on any atom is 0.171 e. The molecule has 0 fully saturated rings. The van der Waals surface area contributed by atoms with E-state index in [2.05, 4.69) is 0 Å². The molecule has 0 radical (unpaired) electrons. The van der Waals surface area contributed by atoms with Gasteiger partial charge in [-0.1, -0.05) is 6.92 Å². The Balaban J connectivity index is 2.24. The number of hydrogen-bond acceptors (Lipinski definition) is 4. The average Bonchev–Trinajstić information content (AvgIpc) is 2.98. The van der Waals surface area contributed by atoms with Crippen LogP contribution in [0.3, 0.4) is 0 Å². The van der Waals surface area contributed by atoms with Crippen LogP contribution in [0.2, 0.25) is 0 Å². The van der Waals surface area contributed by atoms with Crippen LogP contribution < -0.4 is 10.5 Å². The number of ether oxygens (including phenoxy) is 1. The van der Waals surface area contributed by atoms with Crippen molar-refractivity contribution in [3.05, 3.63) is 53.7 Å². The Morgan fingerprint density at radius 1 is 1.45 bits per heavy atom. The van der Waals surface area contributed by atoms with Crippen LogP contribution in [0.4, 0.5) is 4.39 Å². The van der Waals surface area contributed by atoms with Crippen LogP contribution >= 0.6 is 0 Å². The summed E-state index contributed by atoms with van der Waals surface area (Å²) >= 11 is 0. The molecule has 4 nitrogen and oxygen atoms in total. The molecule has 2 atom stereocenters. The van der Waals surface area contributed by atoms with Gasteiger partial charge in [0.2, 0.25) is 0 Å². The maximum absolute atomic E-state index is 13.6. The predicted molar refractivity (Wildman–Crippen MR) is 71.5 cm³/mol. The molecule has 20 heavy (non-hydrogen) atoms. The average molecular weight is 274 g/mol. The number of rotatable bonds is 5. The van der Waals surface area contributed by atoms with Crippen LogP contribution in [0.5, 0.6) is 5.75 Å². The number of nitrogens with two attached hydrogens (primary N) is 1. The summed E-state index contributed by atoms with van der Waals surface area (Å²) in [5, 5.41) is 8.70. The summed E-state index contributed by atoms with van der Waals surface area (Å²) in [5.41, 5.74) is 6.00. The van der Waals surface area contributed by atoms with E-state index in [1.807, 2.05) is 6.92 Å². The molecule has 0 aliphatic carbocycles. The third-order valence-corrected chi connectivity index (χ3v) is 3.01. The minimum Gasteiger partial charge on any atom is -0.481 e. The van der Waals surface area contributed by atoms with Crippen molar-refractivity contribution in [2.24, 2.45) is 5.73 Å². The van der Waals surface area contributed by atoms with Crippen LogP contribution in [0, 0.1) is 17.1 Å². The van der Waals surface area contributed by atoms with Crippen molar-refractivity contribution >= 4 is 0 Å². The largest absolute Gasteiger partial charge is 0.481 e. The quantitative estimate of drug-likeness (QED) is 0.909. The summed E-state index contributed by atoms with van der Waals surface area (Å²) in [5.74, 6) is 0.282. The fourth-order valence-electron chi connectivity index (χ4n) is 1.83. The first kappa shape index (κ1) is 14.1. The fraction of sp³-hybridized carbons (Fsp3) is 0.267. The maximum atomic E-state index is 13.6. The summed E-state index contributed by atoms with van der Waals surface area (Å²) in [4.78, 5) is 0. The van der Waals surface area contributed by atoms with E-state index >= 15 is 0 Å². The lowest BCUT2D eigenvalue weighted by molar-refractivity contribution is 0.144. The van der Waals surface area contributed by atoms with Gasteiger partial charge in [0.05, 0.1) is 11.8 Å².